The van der Waals surface area contributed by atoms with Gasteiger partial charge in [0.25, 0.3) is 0 Å². The molecule has 7 aromatic rings. The Morgan fingerprint density at radius 1 is 0.531 bits per heavy atom. The molecule has 1 unspecified atom stereocenters. The third kappa shape index (κ3) is 4.50. The highest BCUT2D eigenvalue weighted by Crippen LogP contribution is 2.56. The van der Waals surface area contributed by atoms with E-state index in [-0.39, 0.29) is 10.8 Å². The molecule has 1 atom stereocenters. The molecule has 0 fully saturated rings. The van der Waals surface area contributed by atoms with Crippen LogP contribution >= 0.6 is 0 Å². The van der Waals surface area contributed by atoms with Crippen LogP contribution in [0.15, 0.2) is 91.0 Å². The number of hydrogen-bond acceptors (Lipinski definition) is 4. The molecule has 234 valence electrons. The Hall–Kier alpha value is -5.48. The molecule has 0 heterocycles. The molecule has 7 aromatic carbocycles. The number of fused-ring (bicyclic) bond motifs is 4. The molecule has 4 N–H and O–H groups in total. The molecule has 0 amide bonds. The summed E-state index contributed by atoms with van der Waals surface area (Å²) in [5.41, 5.74) is 12.1. The maximum atomic E-state index is 11.8. The first-order valence-corrected chi connectivity index (χ1v) is 16.8. The lowest BCUT2D eigenvalue weighted by molar-refractivity contribution is 0.351. The van der Waals surface area contributed by atoms with Crippen LogP contribution in [0.2, 0.25) is 0 Å². The van der Waals surface area contributed by atoms with E-state index in [1.54, 1.807) is 0 Å². The van der Waals surface area contributed by atoms with Gasteiger partial charge in [-0.05, 0) is 79.4 Å². The molecule has 4 nitrogen and oxygen atoms in total. The van der Waals surface area contributed by atoms with Crippen LogP contribution < -0.4 is 21.9 Å². The third-order valence-electron chi connectivity index (χ3n) is 11.0. The van der Waals surface area contributed by atoms with Crippen molar-refractivity contribution >= 4 is 91.6 Å². The van der Waals surface area contributed by atoms with E-state index in [1.165, 1.54) is 11.1 Å². The van der Waals surface area contributed by atoms with Crippen molar-refractivity contribution in [2.75, 3.05) is 0 Å². The summed E-state index contributed by atoms with van der Waals surface area (Å²) in [6.07, 6.45) is 5.40. The number of phenols is 4. The van der Waals surface area contributed by atoms with E-state index in [0.717, 1.165) is 72.1 Å². The summed E-state index contributed by atoms with van der Waals surface area (Å²) in [6.45, 7) is 2.26. The van der Waals surface area contributed by atoms with Crippen LogP contribution in [0.3, 0.4) is 0 Å². The Morgan fingerprint density at radius 2 is 1.10 bits per heavy atom. The Kier molecular flexibility index (Phi) is 7.11. The average Bonchev–Trinajstić information content (AvgIpc) is 3.13. The van der Waals surface area contributed by atoms with E-state index in [4.69, 9.17) is 0 Å². The molecular weight excluding hydrogens is 600 g/mol. The predicted molar refractivity (Wildman–Crippen MR) is 217 cm³/mol. The number of hydrogen-bond donors (Lipinski definition) is 4. The van der Waals surface area contributed by atoms with Gasteiger partial charge in [0, 0.05) is 21.9 Å². The summed E-state index contributed by atoms with van der Waals surface area (Å²) in [7, 11) is 8.44. The molecule has 1 aliphatic carbocycles. The zero-order chi connectivity index (χ0) is 34.3. The second-order valence-electron chi connectivity index (χ2n) is 13.6. The fourth-order valence-corrected chi connectivity index (χ4v) is 8.18. The van der Waals surface area contributed by atoms with Crippen molar-refractivity contribution in [3.63, 3.8) is 0 Å². The fourth-order valence-electron chi connectivity index (χ4n) is 8.18. The molecule has 0 aromatic heterocycles. The van der Waals surface area contributed by atoms with Gasteiger partial charge in [0.2, 0.25) is 11.5 Å². The maximum Gasteiger partial charge on any atom is 0.204 e. The van der Waals surface area contributed by atoms with Gasteiger partial charge in [-0.3, -0.25) is 0 Å². The molecule has 0 saturated carbocycles. The smallest absolute Gasteiger partial charge is 0.204 e. The zero-order valence-electron chi connectivity index (χ0n) is 28.3. The molecule has 0 radical (unpaired) electrons. The average molecular weight is 634 g/mol. The summed E-state index contributed by atoms with van der Waals surface area (Å²) in [5.74, 6) is -2.08. The number of allylic oxidation sites excluding steroid dienone is 1. The third-order valence-corrected chi connectivity index (χ3v) is 11.0. The van der Waals surface area contributed by atoms with E-state index < -0.39 is 23.0 Å². The Morgan fingerprint density at radius 3 is 1.76 bits per heavy atom. The van der Waals surface area contributed by atoms with Gasteiger partial charge < -0.3 is 20.4 Å². The van der Waals surface area contributed by atoms with Crippen molar-refractivity contribution in [2.45, 2.75) is 19.3 Å². The fraction of sp³-hybridized carbons (Fsp3) is 0.0732. The second-order valence-corrected chi connectivity index (χ2v) is 13.6. The first kappa shape index (κ1) is 30.8. The van der Waals surface area contributed by atoms with Crippen molar-refractivity contribution in [1.82, 2.24) is 0 Å². The van der Waals surface area contributed by atoms with Gasteiger partial charge in [-0.2, -0.15) is 0 Å². The number of aromatic hydroxyl groups is 4. The Bertz CT molecular complexity index is 2510. The van der Waals surface area contributed by atoms with Crippen LogP contribution in [0.1, 0.15) is 30.4 Å². The molecule has 49 heavy (non-hydrogen) atoms. The first-order chi connectivity index (χ1) is 23.6. The SMILES string of the molecule is Bc1c(B)c(B)c2c(-c3ccc4ccccc4c3)c3c(O)c(O)c(O)c(O)c3c(-c3cccc(-c4cccc5c4C(C)CC=C5)c3)c2c1B. The van der Waals surface area contributed by atoms with Gasteiger partial charge in [-0.1, -0.05) is 103 Å². The van der Waals surface area contributed by atoms with Crippen LogP contribution in [-0.4, -0.2) is 51.8 Å². The number of phenolic OH excluding ortho intramolecular Hbond substituents is 4. The van der Waals surface area contributed by atoms with Gasteiger partial charge in [0.1, 0.15) is 31.4 Å². The number of benzene rings is 7. The summed E-state index contributed by atoms with van der Waals surface area (Å²) in [5, 5.41) is 50.3. The van der Waals surface area contributed by atoms with Crippen LogP contribution in [-0.2, 0) is 0 Å². The van der Waals surface area contributed by atoms with Crippen LogP contribution in [0.5, 0.6) is 23.0 Å². The maximum absolute atomic E-state index is 11.8. The second kappa shape index (κ2) is 11.3. The monoisotopic (exact) mass is 634 g/mol. The lowest BCUT2D eigenvalue weighted by Gasteiger charge is -2.26. The van der Waals surface area contributed by atoms with Crippen molar-refractivity contribution in [2.24, 2.45) is 0 Å². The van der Waals surface area contributed by atoms with Gasteiger partial charge >= 0.3 is 0 Å². The molecule has 8 rings (SSSR count). The van der Waals surface area contributed by atoms with Gasteiger partial charge in [-0.25, -0.2) is 0 Å². The first-order valence-electron chi connectivity index (χ1n) is 16.8. The highest BCUT2D eigenvalue weighted by atomic mass is 16.3. The van der Waals surface area contributed by atoms with E-state index in [2.05, 4.69) is 105 Å². The zero-order valence-corrected chi connectivity index (χ0v) is 28.3. The minimum Gasteiger partial charge on any atom is -0.504 e. The standard InChI is InChI=1S/C41H34B4O4/c1-19-7-4-10-21-11-6-14-26(27(19)21)23-12-5-13-24(18-23)28-30-31(35(43)37(45)36(44)34(30)42)29(25-16-15-20-8-2-3-9-22(20)17-25)33-32(28)38(46)40(48)41(49)39(33)47/h2-6,8-19,46-49H,7,42-45H2,1H3. The predicted octanol–water partition coefficient (Wildman–Crippen LogP) is 3.52. The molecule has 0 saturated heterocycles. The van der Waals surface area contributed by atoms with Crippen LogP contribution in [0.4, 0.5) is 0 Å². The summed E-state index contributed by atoms with van der Waals surface area (Å²) in [4.78, 5) is 0. The number of rotatable bonds is 3. The van der Waals surface area contributed by atoms with Gasteiger partial charge in [0.15, 0.2) is 11.5 Å². The highest BCUT2D eigenvalue weighted by Gasteiger charge is 2.29. The van der Waals surface area contributed by atoms with E-state index in [1.807, 2.05) is 30.3 Å². The molecule has 1 aliphatic rings. The van der Waals surface area contributed by atoms with Gasteiger partial charge in [0.05, 0.1) is 0 Å². The quantitative estimate of drug-likeness (QED) is 0.104. The van der Waals surface area contributed by atoms with Crippen LogP contribution in [0.25, 0.3) is 71.8 Å². The lowest BCUT2D eigenvalue weighted by Crippen LogP contribution is -2.48. The topological polar surface area (TPSA) is 80.9 Å². The van der Waals surface area contributed by atoms with Crippen molar-refractivity contribution in [1.29, 1.82) is 0 Å². The largest absolute Gasteiger partial charge is 0.504 e. The summed E-state index contributed by atoms with van der Waals surface area (Å²) < 4.78 is 0. The molecule has 0 bridgehead atoms. The van der Waals surface area contributed by atoms with Crippen molar-refractivity contribution in [3.8, 4) is 56.4 Å². The minimum absolute atomic E-state index is 0.289. The van der Waals surface area contributed by atoms with Crippen LogP contribution in [0, 0.1) is 0 Å². The molecule has 0 aliphatic heterocycles. The van der Waals surface area contributed by atoms with E-state index in [9.17, 15) is 20.4 Å². The normalized spacial score (nSPS) is 14.1. The van der Waals surface area contributed by atoms with E-state index >= 15 is 0 Å². The highest BCUT2D eigenvalue weighted by molar-refractivity contribution is 6.68. The molecule has 8 heteroatoms. The van der Waals surface area contributed by atoms with Gasteiger partial charge in [-0.15, -0.1) is 10.9 Å². The van der Waals surface area contributed by atoms with Crippen molar-refractivity contribution < 1.29 is 20.4 Å². The minimum atomic E-state index is -0.748. The Balaban J connectivity index is 1.57. The Labute approximate surface area is 289 Å². The lowest BCUT2D eigenvalue weighted by atomic mass is 9.62. The van der Waals surface area contributed by atoms with Crippen molar-refractivity contribution in [3.05, 3.63) is 102 Å². The van der Waals surface area contributed by atoms with E-state index in [0.29, 0.717) is 17.0 Å². The molecule has 0 spiro atoms. The molecular formula is C41H34B4O4. The summed E-state index contributed by atoms with van der Waals surface area (Å²) >= 11 is 0. The summed E-state index contributed by atoms with van der Waals surface area (Å²) in [6, 6.07) is 29.0.